The number of aliphatic hydroxyl groups excluding tert-OH is 2. The number of hydrogen-bond acceptors (Lipinski definition) is 5. The molecule has 6 heteroatoms. The van der Waals surface area contributed by atoms with Gasteiger partial charge in [0.15, 0.2) is 0 Å². The zero-order valence-corrected chi connectivity index (χ0v) is 57.8. The van der Waals surface area contributed by atoms with Crippen molar-refractivity contribution in [3.8, 4) is 0 Å². The molecule has 1 amide bonds. The Bertz CT molecular complexity index is 1480. The lowest BCUT2D eigenvalue weighted by atomic mass is 10.0. The van der Waals surface area contributed by atoms with Gasteiger partial charge in [-0.2, -0.15) is 0 Å². The van der Waals surface area contributed by atoms with Crippen LogP contribution < -0.4 is 5.32 Å². The number of unbranched alkanes of at least 4 members (excludes halogenated alkanes) is 53. The van der Waals surface area contributed by atoms with Gasteiger partial charge >= 0.3 is 5.97 Å². The minimum absolute atomic E-state index is 0.00812. The summed E-state index contributed by atoms with van der Waals surface area (Å²) >= 11 is 0. The summed E-state index contributed by atoms with van der Waals surface area (Å²) in [6.07, 6.45) is 100. The summed E-state index contributed by atoms with van der Waals surface area (Å²) in [5.41, 5.74) is 0. The van der Waals surface area contributed by atoms with E-state index >= 15 is 0 Å². The zero-order chi connectivity index (χ0) is 62.0. The van der Waals surface area contributed by atoms with Crippen molar-refractivity contribution in [2.24, 2.45) is 0 Å². The lowest BCUT2D eigenvalue weighted by molar-refractivity contribution is -0.143. The first-order valence-corrected chi connectivity index (χ1v) is 38.6. The van der Waals surface area contributed by atoms with E-state index < -0.39 is 12.1 Å². The van der Waals surface area contributed by atoms with Gasteiger partial charge in [0.05, 0.1) is 25.4 Å². The minimum Gasteiger partial charge on any atom is -0.466 e. The summed E-state index contributed by atoms with van der Waals surface area (Å²) in [5.74, 6) is -0.0575. The molecule has 0 aromatic rings. The van der Waals surface area contributed by atoms with Crippen molar-refractivity contribution in [3.63, 3.8) is 0 Å². The lowest BCUT2D eigenvalue weighted by Gasteiger charge is -2.20. The highest BCUT2D eigenvalue weighted by molar-refractivity contribution is 5.76. The van der Waals surface area contributed by atoms with Gasteiger partial charge in [-0.05, 0) is 96.3 Å². The van der Waals surface area contributed by atoms with Gasteiger partial charge in [0.2, 0.25) is 5.91 Å². The standard InChI is InChI=1S/C80H149NO5/c1-3-5-7-9-11-13-15-17-19-21-23-33-37-40-44-48-52-56-60-64-68-72-78(83)77(76-82)81-79(84)73-69-65-61-57-53-49-45-41-38-34-31-29-27-25-24-26-28-30-32-35-39-43-47-51-55-59-63-67-71-75-86-80(85)74-70-66-62-58-54-50-46-42-36-22-20-18-16-14-12-10-8-6-4-2/h12,14,18,20,24,26,30,32,68,72,77-78,82-83H,3-11,13,15-17,19,21-23,25,27-29,31,33-67,69-71,73-76H2,1-2H3,(H,81,84)/b14-12-,20-18-,26-24-,32-30-,72-68+. The molecule has 0 aromatic heterocycles. The van der Waals surface area contributed by atoms with Crippen molar-refractivity contribution in [1.29, 1.82) is 0 Å². The molecule has 0 heterocycles. The van der Waals surface area contributed by atoms with Crippen LogP contribution in [-0.2, 0) is 14.3 Å². The first-order chi connectivity index (χ1) is 42.5. The van der Waals surface area contributed by atoms with Crippen molar-refractivity contribution < 1.29 is 24.5 Å². The molecule has 2 atom stereocenters. The smallest absolute Gasteiger partial charge is 0.305 e. The molecule has 0 fully saturated rings. The number of carbonyl (C=O) groups is 2. The number of carbonyl (C=O) groups excluding carboxylic acids is 2. The Hall–Kier alpha value is -2.44. The number of rotatable bonds is 72. The normalized spacial score (nSPS) is 12.8. The van der Waals surface area contributed by atoms with Crippen molar-refractivity contribution in [3.05, 3.63) is 60.8 Å². The Labute approximate surface area is 537 Å². The molecule has 6 nitrogen and oxygen atoms in total. The van der Waals surface area contributed by atoms with Crippen LogP contribution in [0.3, 0.4) is 0 Å². The monoisotopic (exact) mass is 1200 g/mol. The lowest BCUT2D eigenvalue weighted by Crippen LogP contribution is -2.45. The van der Waals surface area contributed by atoms with Crippen LogP contribution in [0.2, 0.25) is 0 Å². The first kappa shape index (κ1) is 83.6. The molecule has 3 N–H and O–H groups in total. The highest BCUT2D eigenvalue weighted by atomic mass is 16.5. The average molecular weight is 1210 g/mol. The van der Waals surface area contributed by atoms with Crippen molar-refractivity contribution in [1.82, 2.24) is 5.32 Å². The Morgan fingerprint density at radius 3 is 0.907 bits per heavy atom. The Morgan fingerprint density at radius 1 is 0.326 bits per heavy atom. The van der Waals surface area contributed by atoms with Crippen LogP contribution in [-0.4, -0.2) is 47.4 Å². The Morgan fingerprint density at radius 2 is 0.581 bits per heavy atom. The van der Waals surface area contributed by atoms with E-state index in [9.17, 15) is 19.8 Å². The molecule has 0 radical (unpaired) electrons. The Balaban J connectivity index is 3.42. The summed E-state index contributed by atoms with van der Waals surface area (Å²) in [6.45, 7) is 4.91. The van der Waals surface area contributed by atoms with E-state index in [2.05, 4.69) is 67.8 Å². The van der Waals surface area contributed by atoms with Crippen molar-refractivity contribution in [2.75, 3.05) is 13.2 Å². The molecule has 0 aliphatic carbocycles. The minimum atomic E-state index is -0.848. The SMILES string of the molecule is CCCCC/C=C\C/C=C\CCCCCCCCCCCC(=O)OCCCCCCCCCCC/C=C\C/C=C\CCCCCCCCCCCCCCCC(=O)NC(CO)C(O)/C=C/CCCCCCCCCCCCCCCCCCCCC. The van der Waals surface area contributed by atoms with Crippen LogP contribution in [0.1, 0.15) is 412 Å². The van der Waals surface area contributed by atoms with Gasteiger partial charge in [0.25, 0.3) is 0 Å². The van der Waals surface area contributed by atoms with Gasteiger partial charge in [-0.3, -0.25) is 9.59 Å². The number of ether oxygens (including phenoxy) is 1. The van der Waals surface area contributed by atoms with Gasteiger partial charge in [0, 0.05) is 12.8 Å². The number of amides is 1. The largest absolute Gasteiger partial charge is 0.466 e. The summed E-state index contributed by atoms with van der Waals surface area (Å²) in [7, 11) is 0. The average Bonchev–Trinajstić information content (AvgIpc) is 3.54. The maximum atomic E-state index is 12.5. The number of hydrogen-bond donors (Lipinski definition) is 3. The first-order valence-electron chi connectivity index (χ1n) is 38.6. The second-order valence-electron chi connectivity index (χ2n) is 26.3. The third kappa shape index (κ3) is 70.6. The van der Waals surface area contributed by atoms with Gasteiger partial charge in [0.1, 0.15) is 0 Å². The highest BCUT2D eigenvalue weighted by Crippen LogP contribution is 2.19. The maximum absolute atomic E-state index is 12.5. The highest BCUT2D eigenvalue weighted by Gasteiger charge is 2.18. The zero-order valence-electron chi connectivity index (χ0n) is 57.8. The third-order valence-corrected chi connectivity index (χ3v) is 17.8. The molecule has 0 rings (SSSR count). The Kier molecular flexibility index (Phi) is 72.9. The summed E-state index contributed by atoms with van der Waals surface area (Å²) in [4.78, 5) is 24.7. The molecule has 0 aliphatic heterocycles. The van der Waals surface area contributed by atoms with E-state index in [0.717, 1.165) is 57.8 Å². The van der Waals surface area contributed by atoms with Gasteiger partial charge in [-0.1, -0.05) is 364 Å². The molecule has 0 bridgehead atoms. The number of nitrogens with one attached hydrogen (secondary N) is 1. The molecule has 2 unspecified atom stereocenters. The maximum Gasteiger partial charge on any atom is 0.305 e. The molecule has 0 saturated carbocycles. The predicted octanol–water partition coefficient (Wildman–Crippen LogP) is 25.4. The van der Waals surface area contributed by atoms with Crippen molar-refractivity contribution in [2.45, 2.75) is 424 Å². The molecule has 0 spiro atoms. The van der Waals surface area contributed by atoms with Gasteiger partial charge in [-0.15, -0.1) is 0 Å². The molecular weight excluding hydrogens is 1050 g/mol. The number of aliphatic hydroxyl groups is 2. The second kappa shape index (κ2) is 75.0. The number of esters is 1. The van der Waals surface area contributed by atoms with Crippen LogP contribution in [0.25, 0.3) is 0 Å². The van der Waals surface area contributed by atoms with Crippen LogP contribution in [0.5, 0.6) is 0 Å². The fourth-order valence-electron chi connectivity index (χ4n) is 11.9. The molecule has 0 saturated heterocycles. The summed E-state index contributed by atoms with van der Waals surface area (Å²) in [5, 5.41) is 23.3. The van der Waals surface area contributed by atoms with Crippen LogP contribution in [0.15, 0.2) is 60.8 Å². The summed E-state index contributed by atoms with van der Waals surface area (Å²) in [6, 6.07) is -0.631. The molecular formula is C80H149NO5. The molecule has 86 heavy (non-hydrogen) atoms. The van der Waals surface area contributed by atoms with E-state index in [1.165, 1.54) is 327 Å². The quantitative estimate of drug-likeness (QED) is 0.0320. The number of allylic oxidation sites excluding steroid dienone is 9. The fourth-order valence-corrected chi connectivity index (χ4v) is 11.9. The van der Waals surface area contributed by atoms with E-state index in [1.54, 1.807) is 6.08 Å². The van der Waals surface area contributed by atoms with Gasteiger partial charge in [-0.25, -0.2) is 0 Å². The van der Waals surface area contributed by atoms with E-state index in [-0.39, 0.29) is 18.5 Å². The van der Waals surface area contributed by atoms with Crippen LogP contribution in [0, 0.1) is 0 Å². The molecule has 504 valence electrons. The van der Waals surface area contributed by atoms with Crippen LogP contribution in [0.4, 0.5) is 0 Å². The molecule has 0 aliphatic rings. The van der Waals surface area contributed by atoms with Crippen molar-refractivity contribution >= 4 is 11.9 Å². The van der Waals surface area contributed by atoms with Crippen LogP contribution >= 0.6 is 0 Å². The van der Waals surface area contributed by atoms with E-state index in [0.29, 0.717) is 19.4 Å². The second-order valence-corrected chi connectivity index (χ2v) is 26.3. The van der Waals surface area contributed by atoms with E-state index in [4.69, 9.17) is 4.74 Å². The van der Waals surface area contributed by atoms with E-state index in [1.807, 2.05) is 6.08 Å². The third-order valence-electron chi connectivity index (χ3n) is 17.8. The fraction of sp³-hybridized carbons (Fsp3) is 0.850. The topological polar surface area (TPSA) is 95.9 Å². The van der Waals surface area contributed by atoms with Gasteiger partial charge < -0.3 is 20.3 Å². The predicted molar refractivity (Wildman–Crippen MR) is 379 cm³/mol. The molecule has 0 aromatic carbocycles. The summed E-state index contributed by atoms with van der Waals surface area (Å²) < 4.78 is 5.51.